The van der Waals surface area contributed by atoms with Gasteiger partial charge in [0, 0.05) is 22.0 Å². The highest BCUT2D eigenvalue weighted by Crippen LogP contribution is 2.47. The van der Waals surface area contributed by atoms with Gasteiger partial charge in [-0.15, -0.1) is 0 Å². The summed E-state index contributed by atoms with van der Waals surface area (Å²) < 4.78 is 2.45. The number of benzene rings is 10. The molecule has 1 heterocycles. The number of para-hydroxylation sites is 4. The van der Waals surface area contributed by atoms with Crippen molar-refractivity contribution < 1.29 is 0 Å². The number of nitrogens with zero attached hydrogens (tertiary/aromatic N) is 2. The zero-order valence-corrected chi connectivity index (χ0v) is 34.2. The van der Waals surface area contributed by atoms with Crippen molar-refractivity contribution >= 4 is 66.5 Å². The van der Waals surface area contributed by atoms with Gasteiger partial charge in [0.2, 0.25) is 0 Å². The Morgan fingerprint density at radius 1 is 0.387 bits per heavy atom. The molecule has 0 radical (unpaired) electrons. The van der Waals surface area contributed by atoms with Crippen LogP contribution in [0.15, 0.2) is 224 Å². The van der Waals surface area contributed by atoms with Gasteiger partial charge in [0.05, 0.1) is 28.1 Å². The maximum atomic E-state index is 2.50. The zero-order chi connectivity index (χ0) is 41.0. The van der Waals surface area contributed by atoms with E-state index in [1.807, 2.05) is 0 Å². The lowest BCUT2D eigenvalue weighted by Gasteiger charge is -2.31. The van der Waals surface area contributed by atoms with Gasteiger partial charge in [0.25, 0.3) is 0 Å². The summed E-state index contributed by atoms with van der Waals surface area (Å²) in [6.07, 6.45) is 6.79. The van der Waals surface area contributed by atoms with E-state index in [1.54, 1.807) is 0 Å². The van der Waals surface area contributed by atoms with Crippen molar-refractivity contribution in [2.24, 2.45) is 0 Å². The number of anilines is 3. The average Bonchev–Trinajstić information content (AvgIpc) is 3.68. The maximum Gasteiger partial charge on any atom is 0.0702 e. The first-order valence-electron chi connectivity index (χ1n) is 21.7. The van der Waals surface area contributed by atoms with Crippen molar-refractivity contribution in [3.05, 3.63) is 236 Å². The molecule has 0 bridgehead atoms. The third-order valence-corrected chi connectivity index (χ3v) is 12.8. The normalized spacial score (nSPS) is 12.3. The van der Waals surface area contributed by atoms with Crippen LogP contribution in [0.1, 0.15) is 17.5 Å². The molecule has 11 aromatic rings. The molecule has 292 valence electrons. The van der Waals surface area contributed by atoms with E-state index in [9.17, 15) is 0 Å². The summed E-state index contributed by atoms with van der Waals surface area (Å²) in [7, 11) is 0. The predicted molar refractivity (Wildman–Crippen MR) is 264 cm³/mol. The first kappa shape index (κ1) is 36.0. The van der Waals surface area contributed by atoms with Gasteiger partial charge in [-0.05, 0) is 122 Å². The second-order valence-electron chi connectivity index (χ2n) is 16.3. The van der Waals surface area contributed by atoms with Gasteiger partial charge in [-0.3, -0.25) is 0 Å². The number of fused-ring (bicyclic) bond motifs is 7. The molecular weight excluding hydrogens is 749 g/mol. The predicted octanol–water partition coefficient (Wildman–Crippen LogP) is 16.5. The molecule has 2 heteroatoms. The average molecular weight is 791 g/mol. The second-order valence-corrected chi connectivity index (χ2v) is 16.3. The Hall–Kier alpha value is -7.94. The van der Waals surface area contributed by atoms with Gasteiger partial charge >= 0.3 is 0 Å². The molecule has 0 saturated carbocycles. The topological polar surface area (TPSA) is 8.17 Å². The number of aryl methyl sites for hydroxylation is 1. The van der Waals surface area contributed by atoms with Gasteiger partial charge in [-0.25, -0.2) is 0 Å². The third-order valence-electron chi connectivity index (χ3n) is 12.8. The van der Waals surface area contributed by atoms with E-state index in [0.717, 1.165) is 46.7 Å². The summed E-state index contributed by atoms with van der Waals surface area (Å²) >= 11 is 0. The summed E-state index contributed by atoms with van der Waals surface area (Å²) in [4.78, 5) is 2.50. The Balaban J connectivity index is 1.14. The molecule has 1 aliphatic rings. The highest BCUT2D eigenvalue weighted by molar-refractivity contribution is 6.14. The largest absolute Gasteiger partial charge is 0.308 e. The molecule has 0 fully saturated rings. The minimum absolute atomic E-state index is 1.08. The van der Waals surface area contributed by atoms with Crippen molar-refractivity contribution in [3.63, 3.8) is 0 Å². The Morgan fingerprint density at radius 2 is 1.02 bits per heavy atom. The van der Waals surface area contributed by atoms with Gasteiger partial charge < -0.3 is 9.47 Å². The molecule has 12 rings (SSSR count). The molecule has 1 aromatic heterocycles. The number of hydrogen-bond donors (Lipinski definition) is 0. The summed E-state index contributed by atoms with van der Waals surface area (Å²) in [6.45, 7) is 0. The fraction of sp³-hybridized carbons (Fsp3) is 0.0333. The van der Waals surface area contributed by atoms with Crippen LogP contribution in [0.4, 0.5) is 17.1 Å². The van der Waals surface area contributed by atoms with Gasteiger partial charge in [-0.2, -0.15) is 0 Å². The van der Waals surface area contributed by atoms with Crippen LogP contribution < -0.4 is 4.90 Å². The molecular formula is C60H42N2. The Bertz CT molecular complexity index is 3460. The highest BCUT2D eigenvalue weighted by Gasteiger charge is 2.24. The van der Waals surface area contributed by atoms with Gasteiger partial charge in [-0.1, -0.05) is 182 Å². The smallest absolute Gasteiger partial charge is 0.0702 e. The summed E-state index contributed by atoms with van der Waals surface area (Å²) in [5, 5.41) is 7.48. The van der Waals surface area contributed by atoms with Crippen LogP contribution in [-0.2, 0) is 6.42 Å². The summed E-state index contributed by atoms with van der Waals surface area (Å²) in [5.41, 5.74) is 16.7. The van der Waals surface area contributed by atoms with E-state index >= 15 is 0 Å². The van der Waals surface area contributed by atoms with Crippen molar-refractivity contribution in [1.29, 1.82) is 0 Å². The van der Waals surface area contributed by atoms with Gasteiger partial charge in [0.15, 0.2) is 0 Å². The molecule has 1 aliphatic carbocycles. The van der Waals surface area contributed by atoms with Crippen LogP contribution in [0, 0.1) is 0 Å². The molecule has 0 N–H and O–H groups in total. The Labute approximate surface area is 361 Å². The minimum atomic E-state index is 1.08. The van der Waals surface area contributed by atoms with E-state index < -0.39 is 0 Å². The summed E-state index contributed by atoms with van der Waals surface area (Å²) in [6, 6.07) is 80.4. The number of hydrogen-bond acceptors (Lipinski definition) is 1. The van der Waals surface area contributed by atoms with Crippen LogP contribution in [0.2, 0.25) is 0 Å². The first-order valence-corrected chi connectivity index (χ1v) is 21.7. The van der Waals surface area contributed by atoms with Crippen LogP contribution in [0.5, 0.6) is 0 Å². The molecule has 10 aromatic carbocycles. The Morgan fingerprint density at radius 3 is 1.81 bits per heavy atom. The fourth-order valence-electron chi connectivity index (χ4n) is 9.98. The van der Waals surface area contributed by atoms with Crippen molar-refractivity contribution in [2.45, 2.75) is 12.8 Å². The van der Waals surface area contributed by atoms with Crippen LogP contribution in [0.3, 0.4) is 0 Å². The SMILES string of the molecule is C1=Cc2c(cccc2-c2ccc(N(c3cc(-c4cc5ccccc5c5ccccc45)ccc3-c3ccccc3)c3ccccc3-n3c4ccccc4c4ccccc43)cc2)CC1. The maximum absolute atomic E-state index is 2.50. The molecule has 0 atom stereocenters. The number of allylic oxidation sites excluding steroid dienone is 1. The lowest BCUT2D eigenvalue weighted by molar-refractivity contribution is 0.986. The van der Waals surface area contributed by atoms with Crippen LogP contribution in [-0.4, -0.2) is 4.57 Å². The summed E-state index contributed by atoms with van der Waals surface area (Å²) in [5.74, 6) is 0. The van der Waals surface area contributed by atoms with Crippen molar-refractivity contribution in [1.82, 2.24) is 4.57 Å². The van der Waals surface area contributed by atoms with Gasteiger partial charge in [0.1, 0.15) is 0 Å². The molecule has 0 aliphatic heterocycles. The molecule has 62 heavy (non-hydrogen) atoms. The monoisotopic (exact) mass is 790 g/mol. The first-order chi connectivity index (χ1) is 30.8. The highest BCUT2D eigenvalue weighted by atomic mass is 15.2. The lowest BCUT2D eigenvalue weighted by Crippen LogP contribution is -2.14. The molecule has 0 saturated heterocycles. The second kappa shape index (κ2) is 15.0. The molecule has 0 unspecified atom stereocenters. The standard InChI is InChI=1S/C60H42N2/c1-2-17-42(18-3-1)50-38-35-45(55-39-44-20-5-7-23-49(44)51-24-8-9-25-52(51)55)40-60(50)61(46-36-33-43(34-37-46)48-28-16-21-41-19-4-6-22-47(41)48)58-31-14-15-32-59(58)62-56-29-12-10-26-53(56)54-27-11-13-30-57(54)62/h1-3,5-18,20-40H,4,19H2. The van der Waals surface area contributed by atoms with Crippen molar-refractivity contribution in [2.75, 3.05) is 4.90 Å². The minimum Gasteiger partial charge on any atom is -0.308 e. The number of aromatic nitrogens is 1. The van der Waals surface area contributed by atoms with E-state index in [2.05, 4.69) is 240 Å². The quantitative estimate of drug-likeness (QED) is 0.146. The van der Waals surface area contributed by atoms with E-state index in [-0.39, 0.29) is 0 Å². The van der Waals surface area contributed by atoms with E-state index in [0.29, 0.717) is 0 Å². The van der Waals surface area contributed by atoms with Crippen molar-refractivity contribution in [3.8, 4) is 39.1 Å². The molecule has 2 nitrogen and oxygen atoms in total. The molecule has 0 amide bonds. The third kappa shape index (κ3) is 5.95. The van der Waals surface area contributed by atoms with E-state index in [1.165, 1.54) is 76.7 Å². The van der Waals surface area contributed by atoms with Crippen LogP contribution in [0.25, 0.3) is 88.5 Å². The molecule has 0 spiro atoms. The zero-order valence-electron chi connectivity index (χ0n) is 34.2. The fourth-order valence-corrected chi connectivity index (χ4v) is 9.98. The lowest BCUT2D eigenvalue weighted by atomic mass is 9.90. The van der Waals surface area contributed by atoms with Crippen LogP contribution >= 0.6 is 0 Å². The number of rotatable bonds is 7. The van der Waals surface area contributed by atoms with E-state index in [4.69, 9.17) is 0 Å². The Kier molecular flexibility index (Phi) is 8.67.